The summed E-state index contributed by atoms with van der Waals surface area (Å²) < 4.78 is 11.4. The van der Waals surface area contributed by atoms with Crippen LogP contribution in [0.1, 0.15) is 12.8 Å². The predicted octanol–water partition coefficient (Wildman–Crippen LogP) is 5.86. The molecule has 190 valence electrons. The molecule has 9 nitrogen and oxygen atoms in total. The first kappa shape index (κ1) is 25.2. The number of rotatable bonds is 7. The first-order valence-corrected chi connectivity index (χ1v) is 13.2. The largest absolute Gasteiger partial charge is 0.469 e. The van der Waals surface area contributed by atoms with Crippen LogP contribution in [0, 0.1) is 26.1 Å². The predicted molar refractivity (Wildman–Crippen MR) is 139 cm³/mol. The Kier molecular flexibility index (Phi) is 6.93. The molecule has 0 radical (unpaired) electrons. The number of ether oxygens (including phenoxy) is 2. The molecule has 3 aliphatic rings. The average Bonchev–Trinajstić information content (AvgIpc) is 3.43. The number of carbonyl (C=O) groups excluding carboxylic acids is 1. The van der Waals surface area contributed by atoms with Gasteiger partial charge in [0.1, 0.15) is 12.2 Å². The fraction of sp³-hybridized carbons (Fsp3) is 0.269. The van der Waals surface area contributed by atoms with Crippen molar-refractivity contribution in [3.05, 3.63) is 103 Å². The molecule has 1 fully saturated rings. The highest BCUT2D eigenvalue weighted by Crippen LogP contribution is 2.56. The minimum Gasteiger partial charge on any atom is -0.469 e. The highest BCUT2D eigenvalue weighted by Gasteiger charge is 2.53. The number of para-hydroxylation sites is 2. The number of nitro groups is 2. The maximum absolute atomic E-state index is 12.7. The van der Waals surface area contributed by atoms with E-state index in [4.69, 9.17) is 9.47 Å². The van der Waals surface area contributed by atoms with Crippen LogP contribution in [-0.2, 0) is 14.3 Å². The number of carbonyl (C=O) groups is 1. The van der Waals surface area contributed by atoms with Crippen molar-refractivity contribution in [3.8, 4) is 0 Å². The zero-order chi connectivity index (χ0) is 26.3. The summed E-state index contributed by atoms with van der Waals surface area (Å²) in [5, 5.41) is 24.5. The van der Waals surface area contributed by atoms with Crippen molar-refractivity contribution < 1.29 is 24.1 Å². The Balaban J connectivity index is 1.50. The number of methoxy groups -OCH3 is 1. The van der Waals surface area contributed by atoms with Crippen LogP contribution in [0.4, 0.5) is 11.4 Å². The monoisotopic (exact) mass is 538 g/mol. The second-order valence-electron chi connectivity index (χ2n) is 8.75. The van der Waals surface area contributed by atoms with Gasteiger partial charge < -0.3 is 9.47 Å². The summed E-state index contributed by atoms with van der Waals surface area (Å²) in [7, 11) is 1.34. The first-order valence-electron chi connectivity index (χ1n) is 11.5. The number of benzene rings is 2. The van der Waals surface area contributed by atoms with Gasteiger partial charge in [0.25, 0.3) is 11.4 Å². The second kappa shape index (κ2) is 10.2. The van der Waals surface area contributed by atoms with Crippen LogP contribution in [0.25, 0.3) is 0 Å². The van der Waals surface area contributed by atoms with E-state index in [0.717, 1.165) is 22.3 Å². The van der Waals surface area contributed by atoms with Gasteiger partial charge in [0.05, 0.1) is 32.7 Å². The molecule has 0 unspecified atom stereocenters. The van der Waals surface area contributed by atoms with Crippen molar-refractivity contribution in [1.29, 1.82) is 0 Å². The number of nitrogens with zero attached hydrogens (tertiary/aromatic N) is 2. The molecule has 2 aromatic carbocycles. The summed E-state index contributed by atoms with van der Waals surface area (Å²) in [6.45, 7) is 4.25. The van der Waals surface area contributed by atoms with Gasteiger partial charge in [-0.1, -0.05) is 42.6 Å². The highest BCUT2D eigenvalue weighted by atomic mass is 32.2. The van der Waals surface area contributed by atoms with Crippen molar-refractivity contribution in [3.63, 3.8) is 0 Å². The van der Waals surface area contributed by atoms with Crippen LogP contribution in [0.15, 0.2) is 92.6 Å². The average molecular weight is 539 g/mol. The molecule has 2 heterocycles. The van der Waals surface area contributed by atoms with Gasteiger partial charge >= 0.3 is 5.97 Å². The molecule has 1 aliphatic carbocycles. The van der Waals surface area contributed by atoms with Crippen LogP contribution in [0.2, 0.25) is 0 Å². The van der Waals surface area contributed by atoms with E-state index >= 15 is 0 Å². The highest BCUT2D eigenvalue weighted by molar-refractivity contribution is 8.02. The molecule has 2 aromatic rings. The lowest BCUT2D eigenvalue weighted by molar-refractivity contribution is -0.387. The molecule has 0 aromatic heterocycles. The lowest BCUT2D eigenvalue weighted by Gasteiger charge is -2.35. The maximum Gasteiger partial charge on any atom is 0.310 e. The third-order valence-corrected chi connectivity index (χ3v) is 9.21. The minimum atomic E-state index is -0.488. The van der Waals surface area contributed by atoms with Crippen LogP contribution in [0.5, 0.6) is 0 Å². The third kappa shape index (κ3) is 4.47. The van der Waals surface area contributed by atoms with Crippen LogP contribution in [0.3, 0.4) is 0 Å². The van der Waals surface area contributed by atoms with Crippen molar-refractivity contribution >= 4 is 40.9 Å². The second-order valence-corrected chi connectivity index (χ2v) is 10.8. The lowest BCUT2D eigenvalue weighted by atomic mass is 9.74. The Morgan fingerprint density at radius 1 is 1.05 bits per heavy atom. The van der Waals surface area contributed by atoms with E-state index in [1.54, 1.807) is 36.4 Å². The quantitative estimate of drug-likeness (QED) is 0.140. The molecular weight excluding hydrogens is 516 g/mol. The molecule has 37 heavy (non-hydrogen) atoms. The van der Waals surface area contributed by atoms with Gasteiger partial charge in [0, 0.05) is 17.4 Å². The Hall–Kier alpha value is -3.41. The molecular formula is C26H22N2O7S2. The van der Waals surface area contributed by atoms with E-state index in [0.29, 0.717) is 22.6 Å². The van der Waals surface area contributed by atoms with E-state index in [9.17, 15) is 25.0 Å². The van der Waals surface area contributed by atoms with E-state index in [-0.39, 0.29) is 23.4 Å². The molecule has 2 aliphatic heterocycles. The maximum atomic E-state index is 12.7. The fourth-order valence-electron chi connectivity index (χ4n) is 5.10. The van der Waals surface area contributed by atoms with Crippen LogP contribution < -0.4 is 0 Å². The smallest absolute Gasteiger partial charge is 0.310 e. The summed E-state index contributed by atoms with van der Waals surface area (Å²) in [5.41, 5.74) is 3.56. The van der Waals surface area contributed by atoms with E-state index in [2.05, 4.69) is 6.58 Å². The number of hydrogen-bond acceptors (Lipinski definition) is 9. The molecule has 0 spiro atoms. The Morgan fingerprint density at radius 2 is 1.68 bits per heavy atom. The topological polar surface area (TPSA) is 122 Å². The van der Waals surface area contributed by atoms with Gasteiger partial charge in [-0.15, -0.1) is 11.8 Å². The van der Waals surface area contributed by atoms with Gasteiger partial charge in [-0.25, -0.2) is 0 Å². The van der Waals surface area contributed by atoms with Gasteiger partial charge in [-0.3, -0.25) is 25.0 Å². The molecule has 5 rings (SSSR count). The van der Waals surface area contributed by atoms with Crippen molar-refractivity contribution in [1.82, 2.24) is 0 Å². The van der Waals surface area contributed by atoms with Gasteiger partial charge in [0.2, 0.25) is 0 Å². The number of thioether (sulfide) groups is 2. The van der Waals surface area contributed by atoms with Gasteiger partial charge in [-0.05, 0) is 52.7 Å². The molecule has 0 saturated carbocycles. The lowest BCUT2D eigenvalue weighted by Crippen LogP contribution is -2.36. The van der Waals surface area contributed by atoms with E-state index in [1.807, 2.05) is 5.41 Å². The summed E-state index contributed by atoms with van der Waals surface area (Å²) in [5.74, 6) is -0.850. The van der Waals surface area contributed by atoms with Crippen molar-refractivity contribution in [2.24, 2.45) is 5.92 Å². The molecule has 0 amide bonds. The SMILES string of the molecule is C=C1/C(=C/Sc2ccccc2[N+](=O)[O-])[C@@H]2O[C@H]1C1=C2CC[C@H](C(=O)OC)[C@H]1Sc1ccccc1[N+](=O)[O-]. The number of esters is 1. The molecule has 1 saturated heterocycles. The van der Waals surface area contributed by atoms with Crippen LogP contribution in [-0.4, -0.2) is 40.4 Å². The zero-order valence-electron chi connectivity index (χ0n) is 19.7. The Bertz CT molecular complexity index is 1390. The number of fused-ring (bicyclic) bond motifs is 4. The Labute approximate surface area is 220 Å². The number of nitro benzene ring substituents is 2. The standard InChI is InChI=1S/C26H22N2O7S2/c1-14-17(13-36-20-9-5-3-7-18(20)27(30)31)24-15-11-12-16(26(29)34-2)25(22(15)23(14)35-24)37-21-10-6-4-8-19(21)28(32)33/h3-10,13,16,23-25H,1,11-12H2,2H3/b17-13-/t16-,23+,24+,25+/m0/s1. The molecule has 2 bridgehead atoms. The molecule has 11 heteroatoms. The molecule has 4 atom stereocenters. The fourth-order valence-corrected chi connectivity index (χ4v) is 7.56. The third-order valence-electron chi connectivity index (χ3n) is 6.80. The Morgan fingerprint density at radius 3 is 2.32 bits per heavy atom. The zero-order valence-corrected chi connectivity index (χ0v) is 21.3. The molecule has 0 N–H and O–H groups in total. The van der Waals surface area contributed by atoms with Gasteiger partial charge in [-0.2, -0.15) is 0 Å². The van der Waals surface area contributed by atoms with Gasteiger partial charge in [0.15, 0.2) is 0 Å². The normalized spacial score (nSPS) is 25.3. The van der Waals surface area contributed by atoms with Crippen molar-refractivity contribution in [2.75, 3.05) is 7.11 Å². The van der Waals surface area contributed by atoms with Crippen LogP contribution >= 0.6 is 23.5 Å². The summed E-state index contributed by atoms with van der Waals surface area (Å²) in [6, 6.07) is 13.0. The van der Waals surface area contributed by atoms with E-state index in [1.165, 1.54) is 42.8 Å². The number of hydrogen-bond donors (Lipinski definition) is 0. The summed E-state index contributed by atoms with van der Waals surface area (Å²) in [6.07, 6.45) is 0.305. The first-order chi connectivity index (χ1) is 17.8. The van der Waals surface area contributed by atoms with Crippen molar-refractivity contribution in [2.45, 2.75) is 40.1 Å². The van der Waals surface area contributed by atoms with E-state index < -0.39 is 27.1 Å². The summed E-state index contributed by atoms with van der Waals surface area (Å²) in [4.78, 5) is 35.9. The summed E-state index contributed by atoms with van der Waals surface area (Å²) >= 11 is 2.54. The minimum absolute atomic E-state index is 0.0202.